The van der Waals surface area contributed by atoms with Crippen molar-refractivity contribution in [3.05, 3.63) is 11.7 Å². The summed E-state index contributed by atoms with van der Waals surface area (Å²) in [6.07, 6.45) is 2.77. The minimum Gasteiger partial charge on any atom is -0.337 e. The Balaban J connectivity index is 2.20. The first-order valence-corrected chi connectivity index (χ1v) is 9.10. The zero-order valence-electron chi connectivity index (χ0n) is 11.9. The second-order valence-electron chi connectivity index (χ2n) is 4.93. The van der Waals surface area contributed by atoms with Crippen molar-refractivity contribution in [2.75, 3.05) is 11.5 Å². The third-order valence-electron chi connectivity index (χ3n) is 3.84. The van der Waals surface area contributed by atoms with Crippen molar-refractivity contribution >= 4 is 23.5 Å². The Morgan fingerprint density at radius 3 is 2.58 bits per heavy atom. The zero-order valence-corrected chi connectivity index (χ0v) is 13.5. The second-order valence-corrected chi connectivity index (χ2v) is 7.53. The molecule has 0 amide bonds. The molecule has 1 aliphatic rings. The maximum absolute atomic E-state index is 6.32. The number of rotatable bonds is 5. The monoisotopic (exact) mass is 301 g/mol. The highest BCUT2D eigenvalue weighted by atomic mass is 32.2. The van der Waals surface area contributed by atoms with Crippen LogP contribution in [0.15, 0.2) is 4.52 Å². The van der Waals surface area contributed by atoms with Crippen LogP contribution in [0.2, 0.25) is 0 Å². The lowest BCUT2D eigenvalue weighted by atomic mass is 9.94. The van der Waals surface area contributed by atoms with E-state index in [1.165, 1.54) is 5.75 Å². The van der Waals surface area contributed by atoms with Gasteiger partial charge in [-0.05, 0) is 19.3 Å². The summed E-state index contributed by atoms with van der Waals surface area (Å²) in [5, 5.41) is 5.13. The van der Waals surface area contributed by atoms with Gasteiger partial charge in [-0.3, -0.25) is 0 Å². The molecule has 4 nitrogen and oxygen atoms in total. The van der Waals surface area contributed by atoms with Gasteiger partial charge in [0.15, 0.2) is 5.82 Å². The molecule has 0 spiro atoms. The van der Waals surface area contributed by atoms with Crippen LogP contribution in [0.1, 0.15) is 57.0 Å². The van der Waals surface area contributed by atoms with Gasteiger partial charge < -0.3 is 10.3 Å². The fourth-order valence-corrected chi connectivity index (χ4v) is 5.23. The van der Waals surface area contributed by atoms with Crippen LogP contribution in [-0.4, -0.2) is 26.9 Å². The lowest BCUT2D eigenvalue weighted by molar-refractivity contribution is 0.266. The van der Waals surface area contributed by atoms with Crippen molar-refractivity contribution in [1.82, 2.24) is 10.1 Å². The largest absolute Gasteiger partial charge is 0.337 e. The first kappa shape index (κ1) is 15.2. The number of aromatic nitrogens is 2. The van der Waals surface area contributed by atoms with E-state index >= 15 is 0 Å². The van der Waals surface area contributed by atoms with Gasteiger partial charge in [-0.1, -0.05) is 25.9 Å². The second kappa shape index (κ2) is 6.50. The molecule has 2 atom stereocenters. The third kappa shape index (κ3) is 3.11. The minimum atomic E-state index is -0.473. The molecule has 2 unspecified atom stereocenters. The molecule has 2 rings (SSSR count). The van der Waals surface area contributed by atoms with E-state index < -0.39 is 5.54 Å². The number of nitrogens with two attached hydrogens (primary N) is 1. The van der Waals surface area contributed by atoms with Gasteiger partial charge in [-0.25, -0.2) is 0 Å². The van der Waals surface area contributed by atoms with Crippen LogP contribution >= 0.6 is 23.5 Å². The summed E-state index contributed by atoms with van der Waals surface area (Å²) in [7, 11) is 0. The van der Waals surface area contributed by atoms with Crippen molar-refractivity contribution in [3.8, 4) is 0 Å². The molecule has 1 aliphatic heterocycles. The van der Waals surface area contributed by atoms with Gasteiger partial charge in [0.25, 0.3) is 0 Å². The fourth-order valence-electron chi connectivity index (χ4n) is 2.25. The molecule has 1 fully saturated rings. The number of thioether (sulfide) groups is 2. The average molecular weight is 301 g/mol. The van der Waals surface area contributed by atoms with Crippen LogP contribution in [0.4, 0.5) is 0 Å². The van der Waals surface area contributed by atoms with Crippen molar-refractivity contribution in [3.63, 3.8) is 0 Å². The predicted molar refractivity (Wildman–Crippen MR) is 82.5 cm³/mol. The van der Waals surface area contributed by atoms with E-state index in [2.05, 4.69) is 30.9 Å². The molecular formula is C13H23N3OS2. The minimum absolute atomic E-state index is 0.346. The van der Waals surface area contributed by atoms with Crippen molar-refractivity contribution in [2.24, 2.45) is 5.73 Å². The van der Waals surface area contributed by atoms with Crippen LogP contribution in [0.5, 0.6) is 0 Å². The Morgan fingerprint density at radius 1 is 1.26 bits per heavy atom. The van der Waals surface area contributed by atoms with Crippen LogP contribution < -0.4 is 5.73 Å². The Labute approximate surface area is 123 Å². The molecule has 2 N–H and O–H groups in total. The molecule has 0 bridgehead atoms. The first-order valence-electron chi connectivity index (χ1n) is 7.00. The topological polar surface area (TPSA) is 64.9 Å². The van der Waals surface area contributed by atoms with E-state index in [0.717, 1.165) is 30.8 Å². The quantitative estimate of drug-likeness (QED) is 0.900. The van der Waals surface area contributed by atoms with Crippen LogP contribution in [0.25, 0.3) is 0 Å². The highest BCUT2D eigenvalue weighted by Gasteiger charge is 2.34. The molecule has 0 aliphatic carbocycles. The highest BCUT2D eigenvalue weighted by Crippen LogP contribution is 2.43. The fraction of sp³-hybridized carbons (Fsp3) is 0.846. The maximum atomic E-state index is 6.32. The van der Waals surface area contributed by atoms with E-state index in [9.17, 15) is 0 Å². The molecule has 1 aromatic rings. The predicted octanol–water partition coefficient (Wildman–Crippen LogP) is 3.34. The molecule has 6 heteroatoms. The summed E-state index contributed by atoms with van der Waals surface area (Å²) in [5.41, 5.74) is 5.85. The van der Waals surface area contributed by atoms with E-state index in [1.54, 1.807) is 0 Å². The maximum Gasteiger partial charge on any atom is 0.246 e. The number of hydrogen-bond acceptors (Lipinski definition) is 6. The van der Waals surface area contributed by atoms with Gasteiger partial charge in [-0.15, -0.1) is 11.8 Å². The van der Waals surface area contributed by atoms with Crippen molar-refractivity contribution in [1.29, 1.82) is 0 Å². The number of hydrogen-bond donors (Lipinski definition) is 1. The van der Waals surface area contributed by atoms with Gasteiger partial charge in [0, 0.05) is 16.8 Å². The SMILES string of the molecule is CCC1SCCSC1c1noc(C(N)(CC)CC)n1. The molecule has 1 saturated heterocycles. The molecule has 0 radical (unpaired) electrons. The van der Waals surface area contributed by atoms with Crippen molar-refractivity contribution in [2.45, 2.75) is 56.1 Å². The average Bonchev–Trinajstić information content (AvgIpc) is 2.96. The number of nitrogens with zero attached hydrogens (tertiary/aromatic N) is 2. The van der Waals surface area contributed by atoms with E-state index in [0.29, 0.717) is 16.4 Å². The van der Waals surface area contributed by atoms with Crippen LogP contribution in [0, 0.1) is 0 Å². The van der Waals surface area contributed by atoms with Gasteiger partial charge in [0.05, 0.1) is 10.8 Å². The Morgan fingerprint density at radius 2 is 1.95 bits per heavy atom. The molecule has 19 heavy (non-hydrogen) atoms. The molecule has 108 valence electrons. The van der Waals surface area contributed by atoms with Gasteiger partial charge in [0.2, 0.25) is 5.89 Å². The van der Waals surface area contributed by atoms with E-state index in [-0.39, 0.29) is 0 Å². The smallest absolute Gasteiger partial charge is 0.246 e. The van der Waals surface area contributed by atoms with Gasteiger partial charge >= 0.3 is 0 Å². The van der Waals surface area contributed by atoms with Crippen LogP contribution in [-0.2, 0) is 5.54 Å². The standard InChI is InChI=1S/C13H23N3OS2/c1-4-9-10(19-8-7-18-9)11-15-12(17-16-11)13(14,5-2)6-3/h9-10H,4-8,14H2,1-3H3. The summed E-state index contributed by atoms with van der Waals surface area (Å²) in [6, 6.07) is 0. The van der Waals surface area contributed by atoms with Crippen molar-refractivity contribution < 1.29 is 4.52 Å². The van der Waals surface area contributed by atoms with Crippen LogP contribution in [0.3, 0.4) is 0 Å². The Kier molecular flexibility index (Phi) is 5.20. The highest BCUT2D eigenvalue weighted by molar-refractivity contribution is 8.06. The molecule has 2 heterocycles. The summed E-state index contributed by atoms with van der Waals surface area (Å²) < 4.78 is 5.45. The summed E-state index contributed by atoms with van der Waals surface area (Å²) in [6.45, 7) is 6.35. The molecule has 1 aromatic heterocycles. The molecular weight excluding hydrogens is 278 g/mol. The summed E-state index contributed by atoms with van der Waals surface area (Å²) in [4.78, 5) is 4.61. The zero-order chi connectivity index (χ0) is 13.9. The Hall–Kier alpha value is -0.200. The summed E-state index contributed by atoms with van der Waals surface area (Å²) >= 11 is 3.96. The molecule has 0 aromatic carbocycles. The van der Waals surface area contributed by atoms with E-state index in [1.807, 2.05) is 23.5 Å². The molecule has 0 saturated carbocycles. The Bertz CT molecular complexity index is 406. The van der Waals surface area contributed by atoms with Gasteiger partial charge in [0.1, 0.15) is 0 Å². The normalized spacial score (nSPS) is 24.6. The lowest BCUT2D eigenvalue weighted by Crippen LogP contribution is -2.35. The van der Waals surface area contributed by atoms with Gasteiger partial charge in [-0.2, -0.15) is 16.7 Å². The third-order valence-corrected chi connectivity index (χ3v) is 7.08. The summed E-state index contributed by atoms with van der Waals surface area (Å²) in [5.74, 6) is 3.80. The van der Waals surface area contributed by atoms with E-state index in [4.69, 9.17) is 10.3 Å². The first-order chi connectivity index (χ1) is 9.14. The lowest BCUT2D eigenvalue weighted by Gasteiger charge is -2.27.